The quantitative estimate of drug-likeness (QED) is 0.332. The van der Waals surface area contributed by atoms with Crippen LogP contribution in [0, 0.1) is 13.8 Å². The molecule has 0 radical (unpaired) electrons. The maximum absolute atomic E-state index is 3.49. The summed E-state index contributed by atoms with van der Waals surface area (Å²) in [5.41, 5.74) is 12.0. The van der Waals surface area contributed by atoms with E-state index in [1.54, 1.807) is 22.3 Å². The van der Waals surface area contributed by atoms with Crippen molar-refractivity contribution in [3.63, 3.8) is 0 Å². The molecular weight excluding hydrogens is 519 g/mol. The van der Waals surface area contributed by atoms with Crippen LogP contribution in [0.3, 0.4) is 0 Å². The Morgan fingerprint density at radius 2 is 1.07 bits per heavy atom. The van der Waals surface area contributed by atoms with Gasteiger partial charge in [-0.3, -0.25) is 0 Å². The van der Waals surface area contributed by atoms with E-state index in [-0.39, 0.29) is 0 Å². The molecule has 0 fully saturated rings. The topological polar surface area (TPSA) is 0 Å². The van der Waals surface area contributed by atoms with Crippen LogP contribution in [0.1, 0.15) is 54.6 Å². The molecule has 4 rings (SSSR count). The third-order valence-corrected chi connectivity index (χ3v) is 68.5. The van der Waals surface area contributed by atoms with E-state index in [0.717, 1.165) is 0 Å². The predicted molar refractivity (Wildman–Crippen MR) is 124 cm³/mol. The van der Waals surface area contributed by atoms with Crippen LogP contribution < -0.4 is 0 Å². The second-order valence-corrected chi connectivity index (χ2v) is 59.0. The summed E-state index contributed by atoms with van der Waals surface area (Å²) in [4.78, 5) is 0. The van der Waals surface area contributed by atoms with Crippen LogP contribution in [0.15, 0.2) is 47.5 Å². The number of fused-ring (bicyclic) bond motifs is 2. The molecule has 0 aromatic heterocycles. The van der Waals surface area contributed by atoms with Gasteiger partial charge in [0, 0.05) is 0 Å². The van der Waals surface area contributed by atoms with Crippen molar-refractivity contribution >= 4 is 17.6 Å². The van der Waals surface area contributed by atoms with E-state index in [1.807, 2.05) is 0 Å². The molecule has 0 amide bonds. The molecule has 0 spiro atoms. The van der Waals surface area contributed by atoms with Crippen LogP contribution in [-0.2, 0) is 17.1 Å². The normalized spacial score (nSPS) is 21.2. The minimum atomic E-state index is -3.49. The fraction of sp³-hybridized carbons (Fsp3) is 0.385. The fourth-order valence-electron chi connectivity index (χ4n) is 6.52. The maximum atomic E-state index is 2.82. The molecule has 0 bridgehead atoms. The average molecular weight is 553 g/mol. The third kappa shape index (κ3) is 2.56. The molecule has 0 saturated carbocycles. The Bertz CT molecular complexity index is 1050. The molecular formula is C26H34HfSi. The molecule has 0 N–H and O–H groups in total. The molecule has 0 nitrogen and oxygen atoms in total. The van der Waals surface area contributed by atoms with E-state index in [9.17, 15) is 0 Å². The van der Waals surface area contributed by atoms with Crippen molar-refractivity contribution in [3.05, 3.63) is 80.9 Å². The van der Waals surface area contributed by atoms with Gasteiger partial charge in [-0.05, 0) is 0 Å². The second kappa shape index (κ2) is 6.50. The Balaban J connectivity index is 2.06. The van der Waals surface area contributed by atoms with Crippen LogP contribution in [0.25, 0.3) is 12.2 Å². The summed E-state index contributed by atoms with van der Waals surface area (Å²) in [6.45, 7) is 14.7. The van der Waals surface area contributed by atoms with E-state index in [1.165, 1.54) is 22.3 Å². The number of hydrogen-bond acceptors (Lipinski definition) is 0. The van der Waals surface area contributed by atoms with Crippen LogP contribution in [0.4, 0.5) is 0 Å². The van der Waals surface area contributed by atoms with Crippen LogP contribution in [0.5, 0.6) is 0 Å². The van der Waals surface area contributed by atoms with Crippen molar-refractivity contribution in [3.8, 4) is 0 Å². The number of benzene rings is 2. The second-order valence-electron chi connectivity index (χ2n) is 10.4. The first kappa shape index (κ1) is 20.3. The molecule has 2 aliphatic rings. The van der Waals surface area contributed by atoms with Gasteiger partial charge in [-0.15, -0.1) is 0 Å². The monoisotopic (exact) mass is 554 g/mol. The predicted octanol–water partition coefficient (Wildman–Crippen LogP) is 7.96. The SMILES string of the molecule is CC1=Cc2c(C)cccc2[CH]1[Hf]([CH3])([CH3])([CH]1C(C)=Cc2c(C)cccc21)=[Si](C)C. The summed E-state index contributed by atoms with van der Waals surface area (Å²) >= 11 is -3.49. The Morgan fingerprint density at radius 3 is 1.43 bits per heavy atom. The van der Waals surface area contributed by atoms with E-state index >= 15 is 0 Å². The summed E-state index contributed by atoms with van der Waals surface area (Å²) < 4.78 is 7.00. The van der Waals surface area contributed by atoms with Gasteiger partial charge in [-0.1, -0.05) is 0 Å². The van der Waals surface area contributed by atoms with Gasteiger partial charge in [-0.2, -0.15) is 0 Å². The summed E-state index contributed by atoms with van der Waals surface area (Å²) in [6, 6.07) is 14.0. The zero-order valence-electron chi connectivity index (χ0n) is 18.8. The zero-order valence-corrected chi connectivity index (χ0v) is 23.4. The third-order valence-electron chi connectivity index (χ3n) is 8.35. The number of rotatable bonds is 2. The molecule has 2 unspecified atom stereocenters. The van der Waals surface area contributed by atoms with Gasteiger partial charge in [0.1, 0.15) is 0 Å². The van der Waals surface area contributed by atoms with Gasteiger partial charge in [0.2, 0.25) is 0 Å². The van der Waals surface area contributed by atoms with E-state index in [4.69, 9.17) is 0 Å². The summed E-state index contributed by atoms with van der Waals surface area (Å²) in [5.74, 6) is 0. The molecule has 2 atom stereocenters. The molecule has 0 aliphatic heterocycles. The molecule has 2 aromatic carbocycles. The van der Waals surface area contributed by atoms with Crippen LogP contribution >= 0.6 is 0 Å². The van der Waals surface area contributed by atoms with Crippen molar-refractivity contribution in [2.45, 2.75) is 57.5 Å². The first-order chi connectivity index (χ1) is 13.1. The summed E-state index contributed by atoms with van der Waals surface area (Å²) in [7, 11) is 0. The van der Waals surface area contributed by atoms with Crippen molar-refractivity contribution < 1.29 is 17.1 Å². The first-order valence-corrected chi connectivity index (χ1v) is 29.8. The fourth-order valence-corrected chi connectivity index (χ4v) is 46.9. The van der Waals surface area contributed by atoms with Crippen LogP contribution in [0.2, 0.25) is 22.5 Å². The Morgan fingerprint density at radius 1 is 0.679 bits per heavy atom. The van der Waals surface area contributed by atoms with Gasteiger partial charge < -0.3 is 0 Å². The van der Waals surface area contributed by atoms with E-state index < -0.39 is 22.6 Å². The Hall–Kier alpha value is -0.993. The van der Waals surface area contributed by atoms with Crippen molar-refractivity contribution in [1.82, 2.24) is 0 Å². The molecule has 0 heterocycles. The van der Waals surface area contributed by atoms with Crippen LogP contribution in [-0.4, -0.2) is 5.49 Å². The number of allylic oxidation sites excluding steroid dienone is 2. The number of hydrogen-bond donors (Lipinski definition) is 0. The summed E-state index contributed by atoms with van der Waals surface area (Å²) in [5, 5.41) is 0. The van der Waals surface area contributed by atoms with E-state index in [2.05, 4.69) is 98.7 Å². The molecule has 146 valence electrons. The standard InChI is InChI=1S/2C11H11.C2H6Si.2CH3.Hf/c2*1-8-6-10-5-3-4-9(2)11(10)7-8;1-3-2;;;/h2*3-7H,1-2H3;1-2H3;2*1H3;. The van der Waals surface area contributed by atoms with E-state index in [0.29, 0.717) is 7.35 Å². The molecule has 2 aromatic rings. The van der Waals surface area contributed by atoms with Gasteiger partial charge in [0.05, 0.1) is 0 Å². The Kier molecular flexibility index (Phi) is 4.71. The molecule has 2 heteroatoms. The van der Waals surface area contributed by atoms with Crippen molar-refractivity contribution in [2.75, 3.05) is 0 Å². The minimum absolute atomic E-state index is 0.472. The van der Waals surface area contributed by atoms with Gasteiger partial charge >= 0.3 is 173 Å². The van der Waals surface area contributed by atoms with Gasteiger partial charge in [-0.25, -0.2) is 0 Å². The Labute approximate surface area is 172 Å². The van der Waals surface area contributed by atoms with Crippen molar-refractivity contribution in [2.24, 2.45) is 0 Å². The summed E-state index contributed by atoms with van der Waals surface area (Å²) in [6.07, 6.45) is 5.04. The average Bonchev–Trinajstić information content (AvgIpc) is 3.14. The molecule has 2 aliphatic carbocycles. The van der Waals surface area contributed by atoms with Gasteiger partial charge in [0.25, 0.3) is 0 Å². The molecule has 0 saturated heterocycles. The number of aryl methyl sites for hydroxylation is 2. The van der Waals surface area contributed by atoms with Gasteiger partial charge in [0.15, 0.2) is 0 Å². The first-order valence-electron chi connectivity index (χ1n) is 10.6. The molecule has 28 heavy (non-hydrogen) atoms. The van der Waals surface area contributed by atoms with Crippen molar-refractivity contribution in [1.29, 1.82) is 0 Å². The zero-order chi connectivity index (χ0) is 20.5.